The fraction of sp³-hybridized carbons (Fsp3) is 0.917. The first-order valence-corrected chi connectivity index (χ1v) is 5.68. The van der Waals surface area contributed by atoms with Crippen LogP contribution >= 0.6 is 0 Å². The van der Waals surface area contributed by atoms with Gasteiger partial charge in [-0.15, -0.1) is 0 Å². The van der Waals surface area contributed by atoms with Gasteiger partial charge in [0.15, 0.2) is 0 Å². The third-order valence-electron chi connectivity index (χ3n) is 2.27. The number of carbonyl (C=O) groups excluding carboxylic acids is 1. The van der Waals surface area contributed by atoms with Crippen LogP contribution in [-0.2, 0) is 4.79 Å². The molecular weight excluding hydrogens is 160 g/mol. The van der Waals surface area contributed by atoms with Gasteiger partial charge in [-0.3, -0.25) is 4.79 Å². The number of rotatable bonds is 8. The summed E-state index contributed by atoms with van der Waals surface area (Å²) in [5, 5.41) is 0. The van der Waals surface area contributed by atoms with Crippen LogP contribution in [-0.4, -0.2) is 5.78 Å². The van der Waals surface area contributed by atoms with Crippen LogP contribution in [0.5, 0.6) is 0 Å². The van der Waals surface area contributed by atoms with Crippen LogP contribution in [0.15, 0.2) is 0 Å². The Morgan fingerprint density at radius 3 is 2.31 bits per heavy atom. The molecule has 0 spiro atoms. The Labute approximate surface area is 82.9 Å². The van der Waals surface area contributed by atoms with Crippen LogP contribution in [0.25, 0.3) is 0 Å². The van der Waals surface area contributed by atoms with Crippen LogP contribution in [0.4, 0.5) is 0 Å². The number of hydrogen-bond acceptors (Lipinski definition) is 1. The minimum atomic E-state index is 0.451. The summed E-state index contributed by atoms with van der Waals surface area (Å²) in [6.07, 6.45) is 7.53. The molecule has 0 unspecified atom stereocenters. The second-order valence-electron chi connectivity index (χ2n) is 4.28. The molecule has 0 N–H and O–H groups in total. The molecular formula is C12H24O. The van der Waals surface area contributed by atoms with Gasteiger partial charge in [0.25, 0.3) is 0 Å². The van der Waals surface area contributed by atoms with Gasteiger partial charge < -0.3 is 0 Å². The van der Waals surface area contributed by atoms with Gasteiger partial charge in [0.1, 0.15) is 5.78 Å². The van der Waals surface area contributed by atoms with Crippen molar-refractivity contribution in [1.29, 1.82) is 0 Å². The lowest BCUT2D eigenvalue weighted by atomic mass is 10.0. The minimum Gasteiger partial charge on any atom is -0.300 e. The number of Topliss-reactive ketones (excluding diaryl/α,β-unsaturated/α-hetero) is 1. The molecule has 0 aromatic heterocycles. The van der Waals surface area contributed by atoms with E-state index in [9.17, 15) is 4.79 Å². The molecule has 0 saturated heterocycles. The Bertz CT molecular complexity index is 127. The number of carbonyl (C=O) groups is 1. The normalized spacial score (nSPS) is 10.8. The summed E-state index contributed by atoms with van der Waals surface area (Å²) in [6.45, 7) is 6.57. The highest BCUT2D eigenvalue weighted by molar-refractivity contribution is 5.78. The Hall–Kier alpha value is -0.330. The zero-order valence-corrected chi connectivity index (χ0v) is 9.44. The van der Waals surface area contributed by atoms with Gasteiger partial charge >= 0.3 is 0 Å². The van der Waals surface area contributed by atoms with Crippen molar-refractivity contribution in [1.82, 2.24) is 0 Å². The molecule has 0 rings (SSSR count). The van der Waals surface area contributed by atoms with E-state index in [0.717, 1.165) is 31.6 Å². The second kappa shape index (κ2) is 8.28. The Kier molecular flexibility index (Phi) is 8.07. The summed E-state index contributed by atoms with van der Waals surface area (Å²) in [5.74, 6) is 1.26. The molecule has 1 heteroatoms. The van der Waals surface area contributed by atoms with Crippen molar-refractivity contribution in [3.05, 3.63) is 0 Å². The first kappa shape index (κ1) is 12.7. The molecule has 1 nitrogen and oxygen atoms in total. The van der Waals surface area contributed by atoms with E-state index in [2.05, 4.69) is 20.8 Å². The summed E-state index contributed by atoms with van der Waals surface area (Å²) in [5.41, 5.74) is 0. The van der Waals surface area contributed by atoms with E-state index in [0.29, 0.717) is 5.78 Å². The standard InChI is InChI=1S/C12H24O/c1-4-8-12(13)10-7-5-6-9-11(2)3/h11H,4-10H2,1-3H3. The van der Waals surface area contributed by atoms with E-state index in [-0.39, 0.29) is 0 Å². The zero-order valence-electron chi connectivity index (χ0n) is 9.44. The number of hydrogen-bond donors (Lipinski definition) is 0. The molecule has 0 aliphatic heterocycles. The second-order valence-corrected chi connectivity index (χ2v) is 4.28. The number of unbranched alkanes of at least 4 members (excludes halogenated alkanes) is 2. The fourth-order valence-electron chi connectivity index (χ4n) is 1.46. The van der Waals surface area contributed by atoms with Crippen molar-refractivity contribution in [3.8, 4) is 0 Å². The highest BCUT2D eigenvalue weighted by atomic mass is 16.1. The van der Waals surface area contributed by atoms with Gasteiger partial charge in [-0.1, -0.05) is 40.0 Å². The molecule has 0 fully saturated rings. The van der Waals surface area contributed by atoms with Crippen LogP contribution in [0.2, 0.25) is 0 Å². The van der Waals surface area contributed by atoms with Crippen molar-refractivity contribution in [3.63, 3.8) is 0 Å². The summed E-state index contributed by atoms with van der Waals surface area (Å²) in [7, 11) is 0. The molecule has 0 saturated carbocycles. The van der Waals surface area contributed by atoms with E-state index < -0.39 is 0 Å². The highest BCUT2D eigenvalue weighted by Gasteiger charge is 2.00. The maximum atomic E-state index is 11.1. The third kappa shape index (κ3) is 9.59. The Morgan fingerprint density at radius 2 is 1.77 bits per heavy atom. The number of ketones is 1. The largest absolute Gasteiger partial charge is 0.300 e. The lowest BCUT2D eigenvalue weighted by Crippen LogP contribution is -1.96. The van der Waals surface area contributed by atoms with Crippen molar-refractivity contribution in [2.24, 2.45) is 5.92 Å². The monoisotopic (exact) mass is 184 g/mol. The van der Waals surface area contributed by atoms with Crippen LogP contribution in [0.1, 0.15) is 65.7 Å². The SMILES string of the molecule is CCCC(=O)CCCCCC(C)C. The molecule has 0 atom stereocenters. The molecule has 0 bridgehead atoms. The lowest BCUT2D eigenvalue weighted by molar-refractivity contribution is -0.119. The van der Waals surface area contributed by atoms with Crippen LogP contribution in [0.3, 0.4) is 0 Å². The first-order chi connectivity index (χ1) is 6.16. The fourth-order valence-corrected chi connectivity index (χ4v) is 1.46. The molecule has 0 aliphatic rings. The Balaban J connectivity index is 3.11. The average molecular weight is 184 g/mol. The molecule has 0 radical (unpaired) electrons. The topological polar surface area (TPSA) is 17.1 Å². The van der Waals surface area contributed by atoms with E-state index in [1.165, 1.54) is 19.3 Å². The van der Waals surface area contributed by atoms with Gasteiger partial charge in [0.05, 0.1) is 0 Å². The Morgan fingerprint density at radius 1 is 1.08 bits per heavy atom. The molecule has 13 heavy (non-hydrogen) atoms. The van der Waals surface area contributed by atoms with Crippen molar-refractivity contribution in [2.45, 2.75) is 65.7 Å². The minimum absolute atomic E-state index is 0.451. The summed E-state index contributed by atoms with van der Waals surface area (Å²) >= 11 is 0. The molecule has 0 aromatic rings. The zero-order chi connectivity index (χ0) is 10.1. The molecule has 78 valence electrons. The molecule has 0 aliphatic carbocycles. The third-order valence-corrected chi connectivity index (χ3v) is 2.27. The highest BCUT2D eigenvalue weighted by Crippen LogP contribution is 2.10. The summed E-state index contributed by atoms with van der Waals surface area (Å²) < 4.78 is 0. The van der Waals surface area contributed by atoms with Gasteiger partial charge in [0.2, 0.25) is 0 Å². The summed E-state index contributed by atoms with van der Waals surface area (Å²) in [6, 6.07) is 0. The van der Waals surface area contributed by atoms with Gasteiger partial charge in [-0.25, -0.2) is 0 Å². The van der Waals surface area contributed by atoms with Crippen molar-refractivity contribution in [2.75, 3.05) is 0 Å². The quantitative estimate of drug-likeness (QED) is 0.522. The molecule has 0 amide bonds. The van der Waals surface area contributed by atoms with Gasteiger partial charge in [-0.2, -0.15) is 0 Å². The van der Waals surface area contributed by atoms with E-state index >= 15 is 0 Å². The molecule has 0 aromatic carbocycles. The average Bonchev–Trinajstić information content (AvgIpc) is 2.03. The van der Waals surface area contributed by atoms with Crippen LogP contribution in [0, 0.1) is 5.92 Å². The predicted molar refractivity (Wildman–Crippen MR) is 57.8 cm³/mol. The smallest absolute Gasteiger partial charge is 0.132 e. The van der Waals surface area contributed by atoms with Gasteiger partial charge in [-0.05, 0) is 18.8 Å². The van der Waals surface area contributed by atoms with Gasteiger partial charge in [0, 0.05) is 12.8 Å². The van der Waals surface area contributed by atoms with E-state index in [1.54, 1.807) is 0 Å². The molecule has 0 heterocycles. The van der Waals surface area contributed by atoms with Crippen molar-refractivity contribution >= 4 is 5.78 Å². The van der Waals surface area contributed by atoms with E-state index in [4.69, 9.17) is 0 Å². The van der Waals surface area contributed by atoms with Crippen LogP contribution < -0.4 is 0 Å². The first-order valence-electron chi connectivity index (χ1n) is 5.68. The maximum Gasteiger partial charge on any atom is 0.132 e. The maximum absolute atomic E-state index is 11.1. The summed E-state index contributed by atoms with van der Waals surface area (Å²) in [4.78, 5) is 11.1. The lowest BCUT2D eigenvalue weighted by Gasteiger charge is -2.03. The van der Waals surface area contributed by atoms with E-state index in [1.807, 2.05) is 0 Å². The predicted octanol–water partition coefficient (Wildman–Crippen LogP) is 3.96. The van der Waals surface area contributed by atoms with Crippen molar-refractivity contribution < 1.29 is 4.79 Å².